The average Bonchev–Trinajstić information content (AvgIpc) is 3.21. The highest BCUT2D eigenvalue weighted by molar-refractivity contribution is 7.80. The van der Waals surface area contributed by atoms with Gasteiger partial charge in [-0.2, -0.15) is 0 Å². The Morgan fingerprint density at radius 1 is 1.03 bits per heavy atom. The van der Waals surface area contributed by atoms with Gasteiger partial charge in [0.15, 0.2) is 5.11 Å². The zero-order valence-corrected chi connectivity index (χ0v) is 20.9. The van der Waals surface area contributed by atoms with Gasteiger partial charge >= 0.3 is 0 Å². The van der Waals surface area contributed by atoms with Crippen LogP contribution in [0.15, 0.2) is 78.5 Å². The van der Waals surface area contributed by atoms with Crippen LogP contribution in [0.4, 0.5) is 11.4 Å². The first-order valence-electron chi connectivity index (χ1n) is 11.5. The minimum absolute atomic E-state index is 0.0169. The van der Waals surface area contributed by atoms with E-state index in [1.54, 1.807) is 18.2 Å². The molecule has 0 radical (unpaired) electrons. The molecule has 1 N–H and O–H groups in total. The summed E-state index contributed by atoms with van der Waals surface area (Å²) in [6.07, 6.45) is 3.41. The zero-order valence-electron chi connectivity index (χ0n) is 20.1. The fraction of sp³-hybridized carbons (Fsp3) is 0.107. The minimum atomic E-state index is -0.563. The first kappa shape index (κ1) is 24.1. The molecule has 1 aromatic heterocycles. The summed E-state index contributed by atoms with van der Waals surface area (Å²) in [6.45, 7) is 4.23. The number of rotatable bonds is 5. The van der Waals surface area contributed by atoms with Gasteiger partial charge in [-0.1, -0.05) is 42.5 Å². The number of nitrogens with zero attached hydrogens (tertiary/aromatic N) is 3. The second kappa shape index (κ2) is 9.44. The lowest BCUT2D eigenvalue weighted by Crippen LogP contribution is -2.54. The van der Waals surface area contributed by atoms with Gasteiger partial charge < -0.3 is 4.57 Å². The third-order valence-electron chi connectivity index (χ3n) is 6.51. The molecule has 5 rings (SSSR count). The predicted molar refractivity (Wildman–Crippen MR) is 146 cm³/mol. The summed E-state index contributed by atoms with van der Waals surface area (Å²) in [5.74, 6) is -1.06. The lowest BCUT2D eigenvalue weighted by atomic mass is 10.0. The van der Waals surface area contributed by atoms with Gasteiger partial charge in [0.05, 0.1) is 10.6 Å². The van der Waals surface area contributed by atoms with E-state index < -0.39 is 16.7 Å². The molecule has 0 aliphatic carbocycles. The number of nitrogens with one attached hydrogen (secondary N) is 1. The van der Waals surface area contributed by atoms with Crippen LogP contribution in [0.5, 0.6) is 0 Å². The van der Waals surface area contributed by atoms with Gasteiger partial charge in [0.1, 0.15) is 5.57 Å². The van der Waals surface area contributed by atoms with Gasteiger partial charge in [-0.05, 0) is 61.0 Å². The molecule has 184 valence electrons. The van der Waals surface area contributed by atoms with Gasteiger partial charge in [-0.15, -0.1) is 0 Å². The fourth-order valence-corrected chi connectivity index (χ4v) is 4.77. The minimum Gasteiger partial charge on any atom is -0.342 e. The maximum atomic E-state index is 13.6. The number of nitro groups is 1. The van der Waals surface area contributed by atoms with Crippen LogP contribution in [0.1, 0.15) is 22.3 Å². The van der Waals surface area contributed by atoms with Crippen molar-refractivity contribution in [2.24, 2.45) is 0 Å². The van der Waals surface area contributed by atoms with E-state index in [9.17, 15) is 19.7 Å². The molecule has 0 bridgehead atoms. The van der Waals surface area contributed by atoms with Gasteiger partial charge in [0.25, 0.3) is 17.5 Å². The van der Waals surface area contributed by atoms with Crippen molar-refractivity contribution in [2.75, 3.05) is 4.90 Å². The summed E-state index contributed by atoms with van der Waals surface area (Å²) >= 11 is 5.36. The molecule has 2 heterocycles. The Labute approximate surface area is 218 Å². The number of hydrogen-bond donors (Lipinski definition) is 1. The molecular formula is C28H22N4O4S. The van der Waals surface area contributed by atoms with E-state index in [1.807, 2.05) is 67.1 Å². The lowest BCUT2D eigenvalue weighted by molar-refractivity contribution is -0.384. The highest BCUT2D eigenvalue weighted by atomic mass is 32.1. The topological polar surface area (TPSA) is 97.5 Å². The normalized spacial score (nSPS) is 14.9. The van der Waals surface area contributed by atoms with Gasteiger partial charge in [-0.3, -0.25) is 29.9 Å². The van der Waals surface area contributed by atoms with Crippen molar-refractivity contribution in [3.63, 3.8) is 0 Å². The van der Waals surface area contributed by atoms with Crippen LogP contribution in [0.25, 0.3) is 17.0 Å². The quantitative estimate of drug-likeness (QED) is 0.133. The molecule has 37 heavy (non-hydrogen) atoms. The molecule has 1 fully saturated rings. The number of non-ortho nitro benzene ring substituents is 1. The van der Waals surface area contributed by atoms with Crippen LogP contribution in [-0.2, 0) is 16.1 Å². The van der Waals surface area contributed by atoms with Crippen LogP contribution in [0.3, 0.4) is 0 Å². The average molecular weight is 511 g/mol. The zero-order chi connectivity index (χ0) is 26.3. The largest absolute Gasteiger partial charge is 0.342 e. The van der Waals surface area contributed by atoms with Gasteiger partial charge in [0, 0.05) is 41.3 Å². The van der Waals surface area contributed by atoms with Crippen LogP contribution < -0.4 is 10.2 Å². The second-order valence-corrected chi connectivity index (χ2v) is 9.22. The van der Waals surface area contributed by atoms with E-state index in [1.165, 1.54) is 17.0 Å². The number of aromatic nitrogens is 1. The number of fused-ring (bicyclic) bond motifs is 1. The summed E-state index contributed by atoms with van der Waals surface area (Å²) in [7, 11) is 0. The van der Waals surface area contributed by atoms with Gasteiger partial charge in [-0.25, -0.2) is 0 Å². The van der Waals surface area contributed by atoms with E-state index in [4.69, 9.17) is 12.2 Å². The number of anilines is 1. The van der Waals surface area contributed by atoms with Crippen LogP contribution in [0, 0.1) is 24.0 Å². The van der Waals surface area contributed by atoms with Crippen molar-refractivity contribution in [2.45, 2.75) is 20.4 Å². The summed E-state index contributed by atoms with van der Waals surface area (Å²) in [5.41, 5.74) is 4.79. The highest BCUT2D eigenvalue weighted by Gasteiger charge is 2.35. The van der Waals surface area contributed by atoms with Crippen LogP contribution in [-0.4, -0.2) is 26.4 Å². The molecule has 0 atom stereocenters. The number of aryl methyl sites for hydroxylation is 1. The smallest absolute Gasteiger partial charge is 0.270 e. The second-order valence-electron chi connectivity index (χ2n) is 8.83. The number of para-hydroxylation sites is 1. The molecule has 8 nitrogen and oxygen atoms in total. The fourth-order valence-electron chi connectivity index (χ4n) is 4.50. The lowest BCUT2D eigenvalue weighted by Gasteiger charge is -2.30. The van der Waals surface area contributed by atoms with Crippen molar-refractivity contribution in [3.8, 4) is 0 Å². The highest BCUT2D eigenvalue weighted by Crippen LogP contribution is 2.29. The Hall–Kier alpha value is -4.63. The van der Waals surface area contributed by atoms with E-state index in [0.717, 1.165) is 27.6 Å². The molecule has 2 amide bonds. The summed E-state index contributed by atoms with van der Waals surface area (Å²) in [4.78, 5) is 38.6. The summed E-state index contributed by atoms with van der Waals surface area (Å²) < 4.78 is 1.94. The third-order valence-corrected chi connectivity index (χ3v) is 6.80. The molecular weight excluding hydrogens is 488 g/mol. The summed E-state index contributed by atoms with van der Waals surface area (Å²) in [5, 5.41) is 14.7. The van der Waals surface area contributed by atoms with Crippen molar-refractivity contribution >= 4 is 57.5 Å². The van der Waals surface area contributed by atoms with Crippen LogP contribution >= 0.6 is 12.2 Å². The molecule has 4 aromatic rings. The van der Waals surface area contributed by atoms with E-state index in [0.29, 0.717) is 17.8 Å². The Kier molecular flexibility index (Phi) is 6.14. The van der Waals surface area contributed by atoms with E-state index >= 15 is 0 Å². The molecule has 1 aliphatic rings. The standard InChI is InChI=1S/C28H22N4O4S/c1-17-7-5-12-24(18(17)2)31-27(34)23(26(33)29-28(31)37)14-20-16-30(25-11-4-3-10-22(20)25)15-19-8-6-9-21(13-19)32(35)36/h3-14,16H,15H2,1-2H3,(H,29,33,37)/b23-14+. The molecule has 0 spiro atoms. The summed E-state index contributed by atoms with van der Waals surface area (Å²) in [6, 6.07) is 19.6. The number of hydrogen-bond acceptors (Lipinski definition) is 5. The Balaban J connectivity index is 1.57. The van der Waals surface area contributed by atoms with Crippen molar-refractivity contribution in [1.82, 2.24) is 9.88 Å². The molecule has 3 aromatic carbocycles. The predicted octanol–water partition coefficient (Wildman–Crippen LogP) is 5.05. The number of carbonyl (C=O) groups is 2. The molecule has 0 unspecified atom stereocenters. The first-order valence-corrected chi connectivity index (χ1v) is 11.9. The Morgan fingerprint density at radius 2 is 1.78 bits per heavy atom. The number of carbonyl (C=O) groups excluding carboxylic acids is 2. The maximum absolute atomic E-state index is 13.6. The molecule has 9 heteroatoms. The Bertz CT molecular complexity index is 1650. The third kappa shape index (κ3) is 4.41. The van der Waals surface area contributed by atoms with E-state index in [-0.39, 0.29) is 16.4 Å². The number of thiocarbonyl (C=S) groups is 1. The first-order chi connectivity index (χ1) is 17.7. The van der Waals surface area contributed by atoms with E-state index in [2.05, 4.69) is 5.32 Å². The molecule has 0 saturated carbocycles. The monoisotopic (exact) mass is 510 g/mol. The van der Waals surface area contributed by atoms with Gasteiger partial charge in [0.2, 0.25) is 0 Å². The number of benzene rings is 3. The van der Waals surface area contributed by atoms with Crippen molar-refractivity contribution in [1.29, 1.82) is 0 Å². The number of amides is 2. The number of nitro benzene ring substituents is 1. The molecule has 1 saturated heterocycles. The Morgan fingerprint density at radius 3 is 2.57 bits per heavy atom. The van der Waals surface area contributed by atoms with Crippen molar-refractivity contribution < 1.29 is 14.5 Å². The molecule has 1 aliphatic heterocycles. The SMILES string of the molecule is Cc1cccc(N2C(=O)/C(=C/c3cn(Cc4cccc([N+](=O)[O-])c4)c4ccccc34)C(=O)NC2=S)c1C. The maximum Gasteiger partial charge on any atom is 0.270 e. The van der Waals surface area contributed by atoms with Crippen LogP contribution in [0.2, 0.25) is 0 Å². The van der Waals surface area contributed by atoms with Crippen molar-refractivity contribution in [3.05, 3.63) is 111 Å².